The Morgan fingerprint density at radius 3 is 2.78 bits per heavy atom. The summed E-state index contributed by atoms with van der Waals surface area (Å²) >= 11 is 4.66. The van der Waals surface area contributed by atoms with E-state index in [0.717, 1.165) is 19.4 Å². The third-order valence-electron chi connectivity index (χ3n) is 2.64. The summed E-state index contributed by atoms with van der Waals surface area (Å²) in [6.45, 7) is 6.40. The van der Waals surface area contributed by atoms with E-state index in [9.17, 15) is 4.55 Å². The predicted octanol–water partition coefficient (Wildman–Crippen LogP) is 3.54. The molecular formula is C12H15BrINO2S. The highest BCUT2D eigenvalue weighted by Crippen LogP contribution is 2.37. The normalized spacial score (nSPS) is 20.4. The molecule has 0 saturated carbocycles. The zero-order valence-corrected chi connectivity index (χ0v) is 15.0. The van der Waals surface area contributed by atoms with Crippen molar-refractivity contribution in [1.82, 2.24) is 4.72 Å². The van der Waals surface area contributed by atoms with E-state index in [1.165, 1.54) is 0 Å². The number of benzene rings is 1. The van der Waals surface area contributed by atoms with Crippen molar-refractivity contribution in [2.24, 2.45) is 0 Å². The first kappa shape index (κ1) is 14.9. The van der Waals surface area contributed by atoms with Crippen LogP contribution in [0.25, 0.3) is 0 Å². The third-order valence-corrected chi connectivity index (χ3v) is 6.54. The molecule has 1 aliphatic heterocycles. The molecule has 0 radical (unpaired) electrons. The Hall–Kier alpha value is 0.500. The van der Waals surface area contributed by atoms with E-state index in [2.05, 4.69) is 49.3 Å². The highest BCUT2D eigenvalue weighted by molar-refractivity contribution is 14.1. The minimum atomic E-state index is -1.09. The van der Waals surface area contributed by atoms with E-state index in [1.54, 1.807) is 0 Å². The molecule has 0 bridgehead atoms. The van der Waals surface area contributed by atoms with Crippen molar-refractivity contribution < 1.29 is 9.29 Å². The number of ether oxygens (including phenoxy) is 1. The highest BCUT2D eigenvalue weighted by atomic mass is 127. The van der Waals surface area contributed by atoms with Crippen LogP contribution in [0.2, 0.25) is 0 Å². The Kier molecular flexibility index (Phi) is 4.53. The fraction of sp³-hybridized carbons (Fsp3) is 0.500. The first-order valence-corrected chi connectivity index (χ1v) is 8.61. The number of nitrogens with one attached hydrogen (secondary N) is 1. The van der Waals surface area contributed by atoms with Gasteiger partial charge in [-0.1, -0.05) is 0 Å². The zero-order chi connectivity index (χ0) is 13.5. The van der Waals surface area contributed by atoms with Crippen LogP contribution in [-0.2, 0) is 11.4 Å². The lowest BCUT2D eigenvalue weighted by atomic mass is 10.1. The summed E-state index contributed by atoms with van der Waals surface area (Å²) in [6, 6.07) is 4.05. The molecule has 2 rings (SSSR count). The molecule has 0 fully saturated rings. The van der Waals surface area contributed by atoms with Gasteiger partial charge in [-0.25, -0.2) is 0 Å². The number of rotatable bonds is 2. The minimum absolute atomic E-state index is 0.00155. The van der Waals surface area contributed by atoms with Gasteiger partial charge in [-0.05, 0) is 71.4 Å². The fourth-order valence-electron chi connectivity index (χ4n) is 1.61. The molecule has 6 heteroatoms. The largest absolute Gasteiger partial charge is 0.598 e. The van der Waals surface area contributed by atoms with Gasteiger partial charge < -0.3 is 9.29 Å². The fourth-order valence-corrected chi connectivity index (χ4v) is 3.23. The SMILES string of the molecule is CC(C)(C)[S+]([O-])NC1COc2cc(Br)c(I)cc21. The van der Waals surface area contributed by atoms with Crippen LogP contribution in [0.1, 0.15) is 32.4 Å². The average molecular weight is 444 g/mol. The summed E-state index contributed by atoms with van der Waals surface area (Å²) in [5.74, 6) is 0.866. The molecule has 2 unspecified atom stereocenters. The average Bonchev–Trinajstić information content (AvgIpc) is 2.61. The van der Waals surface area contributed by atoms with Gasteiger partial charge in [0.2, 0.25) is 0 Å². The highest BCUT2D eigenvalue weighted by Gasteiger charge is 2.34. The molecule has 100 valence electrons. The van der Waals surface area contributed by atoms with Crippen molar-refractivity contribution in [1.29, 1.82) is 0 Å². The summed E-state index contributed by atoms with van der Waals surface area (Å²) in [4.78, 5) is 0. The van der Waals surface area contributed by atoms with Gasteiger partial charge in [-0.3, -0.25) is 0 Å². The number of hydrogen-bond donors (Lipinski definition) is 1. The van der Waals surface area contributed by atoms with Gasteiger partial charge in [0, 0.05) is 25.0 Å². The maximum atomic E-state index is 12.1. The second kappa shape index (κ2) is 5.47. The van der Waals surface area contributed by atoms with Crippen LogP contribution in [0.3, 0.4) is 0 Å². The Balaban J connectivity index is 2.19. The Bertz CT molecular complexity index is 464. The van der Waals surface area contributed by atoms with Crippen LogP contribution in [-0.4, -0.2) is 15.9 Å². The first-order valence-electron chi connectivity index (χ1n) is 5.59. The Morgan fingerprint density at radius 2 is 2.17 bits per heavy atom. The summed E-state index contributed by atoms with van der Waals surface area (Å²) in [7, 11) is 0. The minimum Gasteiger partial charge on any atom is -0.598 e. The van der Waals surface area contributed by atoms with Gasteiger partial charge in [-0.15, -0.1) is 4.72 Å². The molecule has 1 aliphatic rings. The van der Waals surface area contributed by atoms with E-state index in [0.29, 0.717) is 6.61 Å². The van der Waals surface area contributed by atoms with E-state index < -0.39 is 11.4 Å². The maximum absolute atomic E-state index is 12.1. The maximum Gasteiger partial charge on any atom is 0.136 e. The molecule has 3 nitrogen and oxygen atoms in total. The molecule has 0 aliphatic carbocycles. The third kappa shape index (κ3) is 3.15. The standard InChI is InChI=1S/C12H15BrINO2S/c1-12(2,3)18(16)15-10-6-17-11-5-8(13)9(14)4-7(10)11/h4-5,10,15H,6H2,1-3H3. The van der Waals surface area contributed by atoms with Gasteiger partial charge in [0.05, 0.1) is 0 Å². The molecule has 1 N–H and O–H groups in total. The molecule has 1 aromatic rings. The zero-order valence-electron chi connectivity index (χ0n) is 10.4. The molecule has 0 aromatic heterocycles. The quantitative estimate of drug-likeness (QED) is 0.561. The van der Waals surface area contributed by atoms with Crippen LogP contribution in [0.15, 0.2) is 16.6 Å². The molecule has 1 aromatic carbocycles. The lowest BCUT2D eigenvalue weighted by Crippen LogP contribution is -2.41. The monoisotopic (exact) mass is 443 g/mol. The molecule has 0 spiro atoms. The van der Waals surface area contributed by atoms with Gasteiger partial charge >= 0.3 is 0 Å². The topological polar surface area (TPSA) is 44.3 Å². The van der Waals surface area contributed by atoms with Gasteiger partial charge in [-0.2, -0.15) is 0 Å². The van der Waals surface area contributed by atoms with E-state index in [-0.39, 0.29) is 10.8 Å². The lowest BCUT2D eigenvalue weighted by Gasteiger charge is -2.25. The molecule has 2 atom stereocenters. The number of hydrogen-bond acceptors (Lipinski definition) is 3. The number of fused-ring (bicyclic) bond motifs is 1. The van der Waals surface area contributed by atoms with Crippen LogP contribution < -0.4 is 9.46 Å². The Labute approximate surface area is 133 Å². The van der Waals surface area contributed by atoms with Gasteiger partial charge in [0.1, 0.15) is 23.1 Å². The Morgan fingerprint density at radius 1 is 1.50 bits per heavy atom. The van der Waals surface area contributed by atoms with Crippen molar-refractivity contribution in [3.8, 4) is 5.75 Å². The van der Waals surface area contributed by atoms with Gasteiger partial charge in [0.25, 0.3) is 0 Å². The lowest BCUT2D eigenvalue weighted by molar-refractivity contribution is 0.324. The molecule has 18 heavy (non-hydrogen) atoms. The van der Waals surface area contributed by atoms with Crippen LogP contribution >= 0.6 is 38.5 Å². The summed E-state index contributed by atoms with van der Waals surface area (Å²) < 4.78 is 22.8. The van der Waals surface area contributed by atoms with Crippen LogP contribution in [0, 0.1) is 3.57 Å². The molecular weight excluding hydrogens is 429 g/mol. The molecule has 1 heterocycles. The van der Waals surface area contributed by atoms with E-state index >= 15 is 0 Å². The predicted molar refractivity (Wildman–Crippen MR) is 86.1 cm³/mol. The summed E-state index contributed by atoms with van der Waals surface area (Å²) in [6.07, 6.45) is 0. The molecule has 0 amide bonds. The molecule has 0 saturated heterocycles. The second-order valence-corrected chi connectivity index (χ2v) is 9.18. The van der Waals surface area contributed by atoms with Crippen LogP contribution in [0.4, 0.5) is 0 Å². The van der Waals surface area contributed by atoms with Crippen molar-refractivity contribution in [3.05, 3.63) is 25.7 Å². The van der Waals surface area contributed by atoms with Crippen molar-refractivity contribution in [2.75, 3.05) is 6.61 Å². The summed E-state index contributed by atoms with van der Waals surface area (Å²) in [5.41, 5.74) is 1.08. The van der Waals surface area contributed by atoms with Crippen molar-refractivity contribution in [3.63, 3.8) is 0 Å². The number of halogens is 2. The van der Waals surface area contributed by atoms with Crippen molar-refractivity contribution >= 4 is 49.9 Å². The second-order valence-electron chi connectivity index (χ2n) is 5.17. The van der Waals surface area contributed by atoms with Crippen LogP contribution in [0.5, 0.6) is 5.75 Å². The first-order chi connectivity index (χ1) is 8.29. The van der Waals surface area contributed by atoms with Crippen molar-refractivity contribution in [2.45, 2.75) is 31.6 Å². The van der Waals surface area contributed by atoms with Gasteiger partial charge in [0.15, 0.2) is 0 Å². The summed E-state index contributed by atoms with van der Waals surface area (Å²) in [5, 5.41) is 0. The smallest absolute Gasteiger partial charge is 0.136 e. The van der Waals surface area contributed by atoms with E-state index in [1.807, 2.05) is 26.8 Å². The van der Waals surface area contributed by atoms with E-state index in [4.69, 9.17) is 4.74 Å².